The quantitative estimate of drug-likeness (QED) is 0.674. The van der Waals surface area contributed by atoms with Crippen molar-refractivity contribution < 1.29 is 0 Å². The summed E-state index contributed by atoms with van der Waals surface area (Å²) in [5, 5.41) is 5.36. The Labute approximate surface area is 124 Å². The highest BCUT2D eigenvalue weighted by Crippen LogP contribution is 2.39. The van der Waals surface area contributed by atoms with E-state index in [0.717, 1.165) is 16.6 Å². The Kier molecular flexibility index (Phi) is 3.72. The highest BCUT2D eigenvalue weighted by Gasteiger charge is 2.22. The minimum absolute atomic E-state index is 0.299. The molecule has 1 aliphatic rings. The average Bonchev–Trinajstić information content (AvgIpc) is 3.25. The van der Waals surface area contributed by atoms with Gasteiger partial charge in [-0.1, -0.05) is 23.7 Å². The van der Waals surface area contributed by atoms with Gasteiger partial charge in [0.15, 0.2) is 0 Å². The maximum Gasteiger partial charge on any atom is 0.310 e. The Morgan fingerprint density at radius 3 is 2.80 bits per heavy atom. The van der Waals surface area contributed by atoms with Gasteiger partial charge in [0.05, 0.1) is 10.6 Å². The van der Waals surface area contributed by atoms with E-state index in [1.54, 1.807) is 17.8 Å². The molecule has 0 bridgehead atoms. The number of thioether (sulfide) groups is 1. The largest absolute Gasteiger partial charge is 0.310 e. The summed E-state index contributed by atoms with van der Waals surface area (Å²) >= 11 is 8.09. The van der Waals surface area contributed by atoms with E-state index in [4.69, 9.17) is 11.6 Å². The van der Waals surface area contributed by atoms with Crippen molar-refractivity contribution in [2.24, 2.45) is 5.92 Å². The fourth-order valence-electron chi connectivity index (χ4n) is 1.94. The molecule has 6 heteroatoms. The third kappa shape index (κ3) is 2.69. The van der Waals surface area contributed by atoms with Crippen LogP contribution in [-0.2, 0) is 0 Å². The van der Waals surface area contributed by atoms with Crippen molar-refractivity contribution in [3.05, 3.63) is 50.0 Å². The second kappa shape index (κ2) is 5.50. The van der Waals surface area contributed by atoms with E-state index in [9.17, 15) is 9.59 Å². The van der Waals surface area contributed by atoms with Gasteiger partial charge in [-0.2, -0.15) is 0 Å². The van der Waals surface area contributed by atoms with Crippen molar-refractivity contribution in [2.75, 3.05) is 5.75 Å². The summed E-state index contributed by atoms with van der Waals surface area (Å²) in [4.78, 5) is 24.2. The molecule has 1 fully saturated rings. The summed E-state index contributed by atoms with van der Waals surface area (Å²) in [5.41, 5.74) is -0.350. The molecule has 0 spiro atoms. The van der Waals surface area contributed by atoms with Crippen LogP contribution in [0.4, 0.5) is 0 Å². The SMILES string of the molecule is O=c1[nH][nH]cc(-c2cccc(SCC3CC3)c2Cl)c1=O. The number of rotatable bonds is 4. The van der Waals surface area contributed by atoms with E-state index in [-0.39, 0.29) is 0 Å². The molecule has 0 atom stereocenters. The van der Waals surface area contributed by atoms with Gasteiger partial charge >= 0.3 is 5.56 Å². The summed E-state index contributed by atoms with van der Waals surface area (Å²) in [6.07, 6.45) is 4.05. The molecule has 0 saturated heterocycles. The molecule has 1 aromatic carbocycles. The third-order valence-corrected chi connectivity index (χ3v) is 5.09. The lowest BCUT2D eigenvalue weighted by Gasteiger charge is -2.08. The molecule has 0 aliphatic heterocycles. The fourth-order valence-corrected chi connectivity index (χ4v) is 3.49. The van der Waals surface area contributed by atoms with E-state index >= 15 is 0 Å². The molecule has 3 rings (SSSR count). The first-order valence-electron chi connectivity index (χ1n) is 6.39. The van der Waals surface area contributed by atoms with Gasteiger partial charge in [0.25, 0.3) is 5.43 Å². The van der Waals surface area contributed by atoms with E-state index in [1.165, 1.54) is 19.0 Å². The molecule has 2 N–H and O–H groups in total. The van der Waals surface area contributed by atoms with Gasteiger partial charge < -0.3 is 5.10 Å². The first-order chi connectivity index (χ1) is 9.66. The summed E-state index contributed by atoms with van der Waals surface area (Å²) in [6.45, 7) is 0. The Morgan fingerprint density at radius 2 is 2.05 bits per heavy atom. The summed E-state index contributed by atoms with van der Waals surface area (Å²) in [5.74, 6) is 1.84. The number of benzene rings is 1. The molecule has 0 amide bonds. The number of aromatic nitrogens is 2. The van der Waals surface area contributed by atoms with Crippen LogP contribution < -0.4 is 11.0 Å². The predicted octanol–water partition coefficient (Wildman–Crippen LogP) is 2.89. The molecular weight excluding hydrogens is 296 g/mol. The van der Waals surface area contributed by atoms with Crippen LogP contribution in [0.25, 0.3) is 11.1 Å². The van der Waals surface area contributed by atoms with Gasteiger partial charge in [0, 0.05) is 22.4 Å². The number of halogens is 1. The fraction of sp³-hybridized carbons (Fsp3) is 0.286. The van der Waals surface area contributed by atoms with Crippen LogP contribution in [0.15, 0.2) is 38.9 Å². The summed E-state index contributed by atoms with van der Waals surface area (Å²) in [6, 6.07) is 5.56. The van der Waals surface area contributed by atoms with Gasteiger partial charge in [0.2, 0.25) is 0 Å². The molecule has 1 heterocycles. The zero-order valence-corrected chi connectivity index (χ0v) is 12.2. The average molecular weight is 309 g/mol. The normalized spacial score (nSPS) is 14.4. The minimum Gasteiger partial charge on any atom is -0.305 e. The predicted molar refractivity (Wildman–Crippen MR) is 81.6 cm³/mol. The van der Waals surface area contributed by atoms with Gasteiger partial charge in [-0.15, -0.1) is 11.8 Å². The lowest BCUT2D eigenvalue weighted by Crippen LogP contribution is -2.28. The first kappa shape index (κ1) is 13.5. The van der Waals surface area contributed by atoms with Crippen molar-refractivity contribution in [3.63, 3.8) is 0 Å². The Bertz CT molecular complexity index is 749. The second-order valence-corrected chi connectivity index (χ2v) is 6.30. The molecular formula is C14H13ClN2O2S. The van der Waals surface area contributed by atoms with Gasteiger partial charge in [-0.3, -0.25) is 14.7 Å². The van der Waals surface area contributed by atoms with Crippen LogP contribution >= 0.6 is 23.4 Å². The summed E-state index contributed by atoms with van der Waals surface area (Å²) < 4.78 is 0. The molecule has 2 aromatic rings. The van der Waals surface area contributed by atoms with Gasteiger partial charge in [-0.25, -0.2) is 0 Å². The molecule has 20 heavy (non-hydrogen) atoms. The molecule has 1 aliphatic carbocycles. The number of H-pyrrole nitrogens is 2. The van der Waals surface area contributed by atoms with Crippen LogP contribution in [0.3, 0.4) is 0 Å². The summed E-state index contributed by atoms with van der Waals surface area (Å²) in [7, 11) is 0. The van der Waals surface area contributed by atoms with Crippen LogP contribution in [0.2, 0.25) is 5.02 Å². The number of hydrogen-bond acceptors (Lipinski definition) is 3. The van der Waals surface area contributed by atoms with E-state index in [1.807, 2.05) is 12.1 Å². The van der Waals surface area contributed by atoms with Gasteiger partial charge in [-0.05, 0) is 24.8 Å². The number of nitrogens with one attached hydrogen (secondary N) is 2. The first-order valence-corrected chi connectivity index (χ1v) is 7.75. The van der Waals surface area contributed by atoms with Crippen LogP contribution in [0.1, 0.15) is 12.8 Å². The van der Waals surface area contributed by atoms with Crippen LogP contribution in [-0.4, -0.2) is 16.0 Å². The third-order valence-electron chi connectivity index (χ3n) is 3.28. The molecule has 1 aromatic heterocycles. The van der Waals surface area contributed by atoms with E-state index in [0.29, 0.717) is 16.1 Å². The zero-order valence-electron chi connectivity index (χ0n) is 10.6. The Morgan fingerprint density at radius 1 is 1.25 bits per heavy atom. The Hall–Kier alpha value is -1.46. The van der Waals surface area contributed by atoms with Crippen LogP contribution in [0, 0.1) is 5.92 Å². The van der Waals surface area contributed by atoms with E-state index < -0.39 is 11.0 Å². The monoisotopic (exact) mass is 308 g/mol. The highest BCUT2D eigenvalue weighted by atomic mass is 35.5. The van der Waals surface area contributed by atoms with Crippen LogP contribution in [0.5, 0.6) is 0 Å². The topological polar surface area (TPSA) is 65.7 Å². The van der Waals surface area contributed by atoms with Crippen molar-refractivity contribution in [1.29, 1.82) is 0 Å². The highest BCUT2D eigenvalue weighted by molar-refractivity contribution is 7.99. The maximum absolute atomic E-state index is 11.9. The Balaban J connectivity index is 2.00. The molecule has 0 unspecified atom stereocenters. The molecule has 104 valence electrons. The van der Waals surface area contributed by atoms with Crippen molar-refractivity contribution >= 4 is 23.4 Å². The van der Waals surface area contributed by atoms with Gasteiger partial charge in [0.1, 0.15) is 0 Å². The molecule has 0 radical (unpaired) electrons. The van der Waals surface area contributed by atoms with E-state index in [2.05, 4.69) is 10.2 Å². The second-order valence-electron chi connectivity index (χ2n) is 4.86. The number of aromatic amines is 2. The smallest absolute Gasteiger partial charge is 0.305 e. The molecule has 1 saturated carbocycles. The van der Waals surface area contributed by atoms with Crippen molar-refractivity contribution in [2.45, 2.75) is 17.7 Å². The zero-order chi connectivity index (χ0) is 14.1. The number of hydrogen-bond donors (Lipinski definition) is 2. The lowest BCUT2D eigenvalue weighted by atomic mass is 10.1. The minimum atomic E-state index is -0.672. The van der Waals surface area contributed by atoms with Crippen molar-refractivity contribution in [3.8, 4) is 11.1 Å². The lowest BCUT2D eigenvalue weighted by molar-refractivity contribution is 0.975. The maximum atomic E-state index is 11.9. The van der Waals surface area contributed by atoms with Crippen molar-refractivity contribution in [1.82, 2.24) is 10.2 Å². The molecule has 4 nitrogen and oxygen atoms in total. The standard InChI is InChI=1S/C14H13ClN2O2S/c15-12-9(10-6-16-17-14(19)13(10)18)2-1-3-11(12)20-7-8-4-5-8/h1-3,6,8H,4-5,7H2,(H,16,18)(H,17,19).